The molecule has 0 saturated heterocycles. The number of furan rings is 1. The smallest absolute Gasteiger partial charge is 0.126 e. The summed E-state index contributed by atoms with van der Waals surface area (Å²) in [5.74, 6) is 0. The first-order valence-corrected chi connectivity index (χ1v) is 3.29. The van der Waals surface area contributed by atoms with E-state index in [4.69, 9.17) is 18.0 Å². The third-order valence-electron chi connectivity index (χ3n) is 1.60. The highest BCUT2D eigenvalue weighted by atomic mass is 16.3. The lowest BCUT2D eigenvalue weighted by Gasteiger charge is -1.96. The van der Waals surface area contributed by atoms with Gasteiger partial charge in [-0.3, -0.25) is 0 Å². The van der Waals surface area contributed by atoms with Gasteiger partial charge in [0.25, 0.3) is 0 Å². The van der Waals surface area contributed by atoms with Crippen molar-refractivity contribution in [2.24, 2.45) is 0 Å². The first-order valence-electron chi connectivity index (χ1n) is 3.29. The Labute approximate surface area is 65.4 Å². The minimum atomic E-state index is 0.588. The van der Waals surface area contributed by atoms with Crippen LogP contribution in [0.2, 0.25) is 0 Å². The second kappa shape index (κ2) is 2.05. The summed E-state index contributed by atoms with van der Waals surface area (Å²) >= 11 is 0. The van der Waals surface area contributed by atoms with Crippen molar-refractivity contribution >= 4 is 30.0 Å². The van der Waals surface area contributed by atoms with Gasteiger partial charge >= 0.3 is 0 Å². The van der Waals surface area contributed by atoms with Crippen LogP contribution in [0.25, 0.3) is 11.0 Å². The van der Waals surface area contributed by atoms with Crippen LogP contribution in [0.15, 0.2) is 28.9 Å². The van der Waals surface area contributed by atoms with Gasteiger partial charge in [0.1, 0.15) is 13.4 Å². The molecule has 1 heterocycles. The Morgan fingerprint density at radius 3 is 3.00 bits per heavy atom. The monoisotopic (exact) mass is 143 g/mol. The SMILES string of the molecule is [B]c1cc(N)cc2ccoc12. The molecule has 0 amide bonds. The van der Waals surface area contributed by atoms with E-state index in [0.717, 1.165) is 5.39 Å². The van der Waals surface area contributed by atoms with Gasteiger partial charge in [0.2, 0.25) is 0 Å². The normalized spacial score (nSPS) is 10.5. The quantitative estimate of drug-likeness (QED) is 0.437. The molecule has 2 nitrogen and oxygen atoms in total. The molecule has 0 aliphatic heterocycles. The molecular formula is C8H6BNO. The van der Waals surface area contributed by atoms with Gasteiger partial charge in [-0.1, -0.05) is 5.46 Å². The first-order chi connectivity index (χ1) is 5.27. The van der Waals surface area contributed by atoms with E-state index in [0.29, 0.717) is 16.7 Å². The van der Waals surface area contributed by atoms with Gasteiger partial charge < -0.3 is 10.2 Å². The van der Waals surface area contributed by atoms with Gasteiger partial charge in [-0.25, -0.2) is 0 Å². The number of hydrogen-bond donors (Lipinski definition) is 1. The maximum Gasteiger partial charge on any atom is 0.126 e. The van der Waals surface area contributed by atoms with Crippen molar-refractivity contribution in [3.05, 3.63) is 24.5 Å². The summed E-state index contributed by atoms with van der Waals surface area (Å²) in [4.78, 5) is 0. The Kier molecular flexibility index (Phi) is 1.18. The second-order valence-corrected chi connectivity index (χ2v) is 2.45. The minimum absolute atomic E-state index is 0.588. The Morgan fingerprint density at radius 1 is 1.36 bits per heavy atom. The third-order valence-corrected chi connectivity index (χ3v) is 1.60. The molecule has 2 aromatic rings. The lowest BCUT2D eigenvalue weighted by Crippen LogP contribution is -2.03. The first kappa shape index (κ1) is 6.34. The molecule has 2 N–H and O–H groups in total. The van der Waals surface area contributed by atoms with E-state index >= 15 is 0 Å². The second-order valence-electron chi connectivity index (χ2n) is 2.45. The topological polar surface area (TPSA) is 39.2 Å². The third kappa shape index (κ3) is 0.890. The van der Waals surface area contributed by atoms with Crippen LogP contribution < -0.4 is 11.2 Å². The predicted molar refractivity (Wildman–Crippen MR) is 46.0 cm³/mol. The zero-order valence-electron chi connectivity index (χ0n) is 5.87. The van der Waals surface area contributed by atoms with Gasteiger partial charge in [-0.15, -0.1) is 0 Å². The maximum absolute atomic E-state index is 5.63. The molecule has 2 rings (SSSR count). The molecule has 3 heteroatoms. The lowest BCUT2D eigenvalue weighted by molar-refractivity contribution is 0.618. The van der Waals surface area contributed by atoms with Crippen LogP contribution in [0.5, 0.6) is 0 Å². The van der Waals surface area contributed by atoms with Crippen LogP contribution in [0.1, 0.15) is 0 Å². The predicted octanol–water partition coefficient (Wildman–Crippen LogP) is 0.809. The lowest BCUT2D eigenvalue weighted by atomic mass is 9.94. The number of anilines is 1. The Balaban J connectivity index is 2.91. The average molecular weight is 143 g/mol. The van der Waals surface area contributed by atoms with Crippen LogP contribution in [-0.2, 0) is 0 Å². The summed E-state index contributed by atoms with van der Waals surface area (Å²) in [5, 5.41) is 0.947. The van der Waals surface area contributed by atoms with Crippen molar-refractivity contribution in [2.75, 3.05) is 5.73 Å². The molecule has 1 aromatic carbocycles. The zero-order valence-corrected chi connectivity index (χ0v) is 5.87. The largest absolute Gasteiger partial charge is 0.465 e. The zero-order chi connectivity index (χ0) is 7.84. The molecule has 0 bridgehead atoms. The molecule has 11 heavy (non-hydrogen) atoms. The van der Waals surface area contributed by atoms with Gasteiger partial charge in [0, 0.05) is 11.1 Å². The molecule has 52 valence electrons. The average Bonchev–Trinajstić information content (AvgIpc) is 2.34. The molecule has 2 radical (unpaired) electrons. The van der Waals surface area contributed by atoms with Crippen molar-refractivity contribution in [3.8, 4) is 0 Å². The minimum Gasteiger partial charge on any atom is -0.465 e. The van der Waals surface area contributed by atoms with Crippen molar-refractivity contribution in [2.45, 2.75) is 0 Å². The summed E-state index contributed by atoms with van der Waals surface area (Å²) in [6.07, 6.45) is 1.60. The van der Waals surface area contributed by atoms with Gasteiger partial charge in [-0.2, -0.15) is 0 Å². The number of fused-ring (bicyclic) bond motifs is 1. The summed E-state index contributed by atoms with van der Waals surface area (Å²) < 4.78 is 5.12. The summed E-state index contributed by atoms with van der Waals surface area (Å²) in [7, 11) is 5.63. The van der Waals surface area contributed by atoms with Crippen LogP contribution in [0, 0.1) is 0 Å². The van der Waals surface area contributed by atoms with E-state index in [1.54, 1.807) is 12.3 Å². The Hall–Kier alpha value is -1.38. The highest BCUT2D eigenvalue weighted by Gasteiger charge is 1.99. The van der Waals surface area contributed by atoms with Gasteiger partial charge in [-0.05, 0) is 18.2 Å². The van der Waals surface area contributed by atoms with E-state index in [9.17, 15) is 0 Å². The number of nitrogens with two attached hydrogens (primary N) is 1. The van der Waals surface area contributed by atoms with E-state index in [1.807, 2.05) is 12.1 Å². The van der Waals surface area contributed by atoms with Gasteiger partial charge in [0.15, 0.2) is 0 Å². The van der Waals surface area contributed by atoms with Crippen molar-refractivity contribution < 1.29 is 4.42 Å². The highest BCUT2D eigenvalue weighted by Crippen LogP contribution is 2.15. The number of benzene rings is 1. The van der Waals surface area contributed by atoms with Gasteiger partial charge in [0.05, 0.1) is 6.26 Å². The standard InChI is InChI=1S/C8H6BNO/c9-7-4-6(10)3-5-1-2-11-8(5)7/h1-4H,10H2. The van der Waals surface area contributed by atoms with Crippen molar-refractivity contribution in [1.29, 1.82) is 0 Å². The molecule has 1 aromatic heterocycles. The molecular weight excluding hydrogens is 137 g/mol. The fourth-order valence-electron chi connectivity index (χ4n) is 1.13. The van der Waals surface area contributed by atoms with E-state index in [2.05, 4.69) is 0 Å². The summed E-state index contributed by atoms with van der Waals surface area (Å²) in [6.45, 7) is 0. The fourth-order valence-corrected chi connectivity index (χ4v) is 1.13. The fraction of sp³-hybridized carbons (Fsp3) is 0. The molecule has 0 fully saturated rings. The number of rotatable bonds is 0. The van der Waals surface area contributed by atoms with Crippen LogP contribution in [-0.4, -0.2) is 7.85 Å². The van der Waals surface area contributed by atoms with E-state index in [1.165, 1.54) is 0 Å². The Bertz CT molecular complexity index is 394. The molecule has 0 saturated carbocycles. The van der Waals surface area contributed by atoms with Crippen LogP contribution in [0.4, 0.5) is 5.69 Å². The van der Waals surface area contributed by atoms with Crippen molar-refractivity contribution in [1.82, 2.24) is 0 Å². The summed E-state index contributed by atoms with van der Waals surface area (Å²) in [5.41, 5.74) is 7.52. The molecule has 0 unspecified atom stereocenters. The Morgan fingerprint density at radius 2 is 2.18 bits per heavy atom. The molecule has 0 atom stereocenters. The van der Waals surface area contributed by atoms with E-state index < -0.39 is 0 Å². The van der Waals surface area contributed by atoms with Crippen LogP contribution >= 0.6 is 0 Å². The number of hydrogen-bond acceptors (Lipinski definition) is 2. The highest BCUT2D eigenvalue weighted by molar-refractivity contribution is 6.38. The van der Waals surface area contributed by atoms with Crippen molar-refractivity contribution in [3.63, 3.8) is 0 Å². The van der Waals surface area contributed by atoms with Crippen LogP contribution in [0.3, 0.4) is 0 Å². The molecule has 0 spiro atoms. The summed E-state index contributed by atoms with van der Waals surface area (Å²) in [6, 6.07) is 5.35. The molecule has 0 aliphatic rings. The number of nitrogen functional groups attached to an aromatic ring is 1. The van der Waals surface area contributed by atoms with E-state index in [-0.39, 0.29) is 0 Å². The maximum atomic E-state index is 5.63. The molecule has 0 aliphatic carbocycles.